The Labute approximate surface area is 155 Å². The number of methoxy groups -OCH3 is 1. The van der Waals surface area contributed by atoms with Gasteiger partial charge in [-0.1, -0.05) is 0 Å². The Morgan fingerprint density at radius 2 is 1.37 bits per heavy atom. The Balaban J connectivity index is 2.05. The molecule has 0 aromatic rings. The standard InChI is InChI=1S/C16H23NO10/c1-7(18)24-12-11(22-4)13-15(14(16(12)27-13)25-8(2)19)26-10(21)6-23-5-9(20)17-3/h11-16H,5-6H2,1-4H3,(H,17,20)/t11-,12?,13+,14?,15?,16?/m0/s1. The first-order valence-electron chi connectivity index (χ1n) is 8.29. The van der Waals surface area contributed by atoms with Gasteiger partial charge in [0.15, 0.2) is 18.3 Å². The quantitative estimate of drug-likeness (QED) is 0.379. The van der Waals surface area contributed by atoms with Gasteiger partial charge in [-0.15, -0.1) is 0 Å². The van der Waals surface area contributed by atoms with E-state index in [1.807, 2.05) is 0 Å². The van der Waals surface area contributed by atoms with Gasteiger partial charge in [-0.2, -0.15) is 0 Å². The highest BCUT2D eigenvalue weighted by Gasteiger charge is 2.65. The molecule has 2 bridgehead atoms. The summed E-state index contributed by atoms with van der Waals surface area (Å²) in [6.07, 6.45) is -5.07. The maximum absolute atomic E-state index is 12.0. The van der Waals surface area contributed by atoms with Gasteiger partial charge >= 0.3 is 17.9 Å². The van der Waals surface area contributed by atoms with E-state index in [-0.39, 0.29) is 6.61 Å². The molecule has 4 unspecified atom stereocenters. The van der Waals surface area contributed by atoms with E-state index in [0.717, 1.165) is 0 Å². The molecule has 2 aliphatic rings. The second-order valence-electron chi connectivity index (χ2n) is 6.03. The Morgan fingerprint density at radius 3 is 1.89 bits per heavy atom. The zero-order valence-electron chi connectivity index (χ0n) is 15.5. The average Bonchev–Trinajstić information content (AvgIpc) is 3.10. The third-order valence-electron chi connectivity index (χ3n) is 4.13. The minimum absolute atomic E-state index is 0.304. The number of rotatable bonds is 8. The minimum Gasteiger partial charge on any atom is -0.457 e. The summed E-state index contributed by atoms with van der Waals surface area (Å²) in [5.74, 6) is -2.32. The summed E-state index contributed by atoms with van der Waals surface area (Å²) < 4.78 is 31.8. The van der Waals surface area contributed by atoms with Crippen molar-refractivity contribution in [3.05, 3.63) is 0 Å². The third-order valence-corrected chi connectivity index (χ3v) is 4.13. The summed E-state index contributed by atoms with van der Waals surface area (Å²) in [4.78, 5) is 45.9. The van der Waals surface area contributed by atoms with Crippen LogP contribution in [0.25, 0.3) is 0 Å². The predicted octanol–water partition coefficient (Wildman–Crippen LogP) is -1.68. The van der Waals surface area contributed by atoms with Gasteiger partial charge in [-0.25, -0.2) is 4.79 Å². The lowest BCUT2D eigenvalue weighted by molar-refractivity contribution is -0.186. The Morgan fingerprint density at radius 1 is 0.852 bits per heavy atom. The number of amides is 1. The van der Waals surface area contributed by atoms with Crippen LogP contribution in [0.1, 0.15) is 13.8 Å². The van der Waals surface area contributed by atoms with Gasteiger partial charge in [0.2, 0.25) is 5.91 Å². The van der Waals surface area contributed by atoms with E-state index in [2.05, 4.69) is 5.32 Å². The number of carbonyl (C=O) groups excluding carboxylic acids is 4. The molecule has 1 amide bonds. The molecule has 2 heterocycles. The van der Waals surface area contributed by atoms with Crippen LogP contribution in [-0.2, 0) is 47.6 Å². The highest BCUT2D eigenvalue weighted by Crippen LogP contribution is 2.41. The molecule has 1 N–H and O–H groups in total. The van der Waals surface area contributed by atoms with Crippen LogP contribution in [-0.4, -0.2) is 87.8 Å². The van der Waals surface area contributed by atoms with Crippen molar-refractivity contribution in [1.29, 1.82) is 0 Å². The predicted molar refractivity (Wildman–Crippen MR) is 85.3 cm³/mol. The van der Waals surface area contributed by atoms with E-state index < -0.39 is 67.0 Å². The molecule has 152 valence electrons. The monoisotopic (exact) mass is 389 g/mol. The first-order chi connectivity index (χ1) is 12.8. The molecule has 0 spiro atoms. The lowest BCUT2D eigenvalue weighted by atomic mass is 9.89. The van der Waals surface area contributed by atoms with Crippen LogP contribution in [0.15, 0.2) is 0 Å². The summed E-state index contributed by atoms with van der Waals surface area (Å²) in [7, 11) is 2.84. The number of likely N-dealkylation sites (N-methyl/N-ethyl adjacent to an activating group) is 1. The van der Waals surface area contributed by atoms with Gasteiger partial charge in [0.1, 0.15) is 31.5 Å². The van der Waals surface area contributed by atoms with Gasteiger partial charge in [0, 0.05) is 28.0 Å². The molecule has 0 aliphatic carbocycles. The van der Waals surface area contributed by atoms with Crippen LogP contribution in [0.4, 0.5) is 0 Å². The molecule has 6 atom stereocenters. The second-order valence-corrected chi connectivity index (χ2v) is 6.03. The maximum Gasteiger partial charge on any atom is 0.332 e. The first-order valence-corrected chi connectivity index (χ1v) is 8.29. The van der Waals surface area contributed by atoms with Crippen LogP contribution in [0.2, 0.25) is 0 Å². The molecular weight excluding hydrogens is 366 g/mol. The van der Waals surface area contributed by atoms with Crippen molar-refractivity contribution >= 4 is 23.8 Å². The normalized spacial score (nSPS) is 31.3. The Hall–Kier alpha value is -2.24. The topological polar surface area (TPSA) is 136 Å². The fourth-order valence-electron chi connectivity index (χ4n) is 3.15. The van der Waals surface area contributed by atoms with Crippen LogP contribution in [0.5, 0.6) is 0 Å². The largest absolute Gasteiger partial charge is 0.457 e. The van der Waals surface area contributed by atoms with E-state index >= 15 is 0 Å². The van der Waals surface area contributed by atoms with Crippen molar-refractivity contribution in [2.45, 2.75) is 50.5 Å². The summed E-state index contributed by atoms with van der Waals surface area (Å²) in [5, 5.41) is 2.34. The number of ether oxygens (including phenoxy) is 6. The lowest BCUT2D eigenvalue weighted by Gasteiger charge is -2.35. The van der Waals surface area contributed by atoms with E-state index in [0.29, 0.717) is 0 Å². The van der Waals surface area contributed by atoms with Gasteiger partial charge in [-0.05, 0) is 0 Å². The molecule has 27 heavy (non-hydrogen) atoms. The van der Waals surface area contributed by atoms with Crippen LogP contribution < -0.4 is 5.32 Å². The molecule has 2 rings (SSSR count). The maximum atomic E-state index is 12.0. The fraction of sp³-hybridized carbons (Fsp3) is 0.750. The van der Waals surface area contributed by atoms with Gasteiger partial charge in [0.25, 0.3) is 0 Å². The second kappa shape index (κ2) is 9.11. The summed E-state index contributed by atoms with van der Waals surface area (Å²) in [6.45, 7) is 1.66. The van der Waals surface area contributed by atoms with Crippen molar-refractivity contribution in [3.8, 4) is 0 Å². The van der Waals surface area contributed by atoms with Gasteiger partial charge in [0.05, 0.1) is 0 Å². The number of esters is 3. The molecule has 11 nitrogen and oxygen atoms in total. The lowest BCUT2D eigenvalue weighted by Crippen LogP contribution is -2.57. The first kappa shape index (κ1) is 21.1. The summed E-state index contributed by atoms with van der Waals surface area (Å²) >= 11 is 0. The molecule has 0 aromatic carbocycles. The molecule has 11 heteroatoms. The zero-order valence-corrected chi connectivity index (χ0v) is 15.5. The molecule has 2 fully saturated rings. The van der Waals surface area contributed by atoms with E-state index in [1.165, 1.54) is 28.0 Å². The van der Waals surface area contributed by atoms with Crippen LogP contribution in [0.3, 0.4) is 0 Å². The Kier molecular flexibility index (Phi) is 7.11. The SMILES string of the molecule is CNC(=O)COCC(=O)OC1C(OC(C)=O)C2O[C@@H]1[C@@H](OC)C2OC(C)=O. The molecular formula is C16H23NO10. The Bertz CT molecular complexity index is 594. The number of hydrogen-bond donors (Lipinski definition) is 1. The van der Waals surface area contributed by atoms with E-state index in [4.69, 9.17) is 28.4 Å². The number of fused-ring (bicyclic) bond motifs is 2. The number of nitrogens with one attached hydrogen (secondary N) is 1. The third kappa shape index (κ3) is 4.93. The molecule has 0 saturated carbocycles. The van der Waals surface area contributed by atoms with E-state index in [9.17, 15) is 19.2 Å². The van der Waals surface area contributed by atoms with Crippen molar-refractivity contribution in [2.75, 3.05) is 27.4 Å². The van der Waals surface area contributed by atoms with Crippen LogP contribution in [0, 0.1) is 0 Å². The van der Waals surface area contributed by atoms with E-state index in [1.54, 1.807) is 0 Å². The van der Waals surface area contributed by atoms with Crippen molar-refractivity contribution < 1.29 is 47.6 Å². The average molecular weight is 389 g/mol. The molecule has 2 saturated heterocycles. The van der Waals surface area contributed by atoms with Gasteiger partial charge in [-0.3, -0.25) is 14.4 Å². The van der Waals surface area contributed by atoms with Crippen molar-refractivity contribution in [3.63, 3.8) is 0 Å². The zero-order chi connectivity index (χ0) is 20.1. The number of carbonyl (C=O) groups is 4. The fourth-order valence-corrected chi connectivity index (χ4v) is 3.15. The molecule has 2 aliphatic heterocycles. The smallest absolute Gasteiger partial charge is 0.332 e. The highest BCUT2D eigenvalue weighted by molar-refractivity contribution is 5.77. The highest BCUT2D eigenvalue weighted by atomic mass is 16.7. The van der Waals surface area contributed by atoms with Crippen LogP contribution >= 0.6 is 0 Å². The minimum atomic E-state index is -0.967. The summed E-state index contributed by atoms with van der Waals surface area (Å²) in [6, 6.07) is 0. The molecule has 0 radical (unpaired) electrons. The summed E-state index contributed by atoms with van der Waals surface area (Å²) in [5.41, 5.74) is 0. The molecule has 0 aromatic heterocycles. The number of hydrogen-bond acceptors (Lipinski definition) is 10. The van der Waals surface area contributed by atoms with Crippen molar-refractivity contribution in [1.82, 2.24) is 5.32 Å². The van der Waals surface area contributed by atoms with Crippen molar-refractivity contribution in [2.24, 2.45) is 0 Å². The van der Waals surface area contributed by atoms with Gasteiger partial charge < -0.3 is 33.7 Å².